The second-order valence-electron chi connectivity index (χ2n) is 3.05. The minimum atomic E-state index is -4.70. The van der Waals surface area contributed by atoms with Crippen LogP contribution in [-0.4, -0.2) is 23.2 Å². The van der Waals surface area contributed by atoms with Gasteiger partial charge in [-0.1, -0.05) is 6.58 Å². The molecule has 0 amide bonds. The van der Waals surface area contributed by atoms with Crippen LogP contribution < -0.4 is 4.74 Å². The molecule has 0 saturated heterocycles. The Bertz CT molecular complexity index is 468. The van der Waals surface area contributed by atoms with Crippen LogP contribution in [0.3, 0.4) is 0 Å². The number of carbonyl (C=O) groups is 1. The normalized spacial score (nSPS) is 11.1. The summed E-state index contributed by atoms with van der Waals surface area (Å²) in [6.45, 7) is 3.07. The van der Waals surface area contributed by atoms with Crippen molar-refractivity contribution in [2.24, 2.45) is 0 Å². The Kier molecular flexibility index (Phi) is 3.40. The fourth-order valence-corrected chi connectivity index (χ4v) is 1.14. The van der Waals surface area contributed by atoms with E-state index in [0.717, 1.165) is 13.3 Å². The maximum Gasteiger partial charge on any atom is 0.417 e. The average molecular weight is 247 g/mol. The van der Waals surface area contributed by atoms with Crippen molar-refractivity contribution in [2.75, 3.05) is 7.11 Å². The molecule has 1 aromatic rings. The van der Waals surface area contributed by atoms with Crippen LogP contribution in [0, 0.1) is 0 Å². The van der Waals surface area contributed by atoms with E-state index in [1.54, 1.807) is 0 Å². The molecule has 0 spiro atoms. The first-order valence-electron chi connectivity index (χ1n) is 4.31. The molecule has 1 aromatic heterocycles. The summed E-state index contributed by atoms with van der Waals surface area (Å²) in [5.41, 5.74) is -2.39. The number of alkyl halides is 3. The number of aromatic nitrogens is 1. The molecule has 4 nitrogen and oxygen atoms in total. The highest BCUT2D eigenvalue weighted by Crippen LogP contribution is 2.35. The van der Waals surface area contributed by atoms with E-state index in [1.165, 1.54) is 0 Å². The van der Waals surface area contributed by atoms with Crippen molar-refractivity contribution < 1.29 is 27.8 Å². The molecule has 0 saturated carbocycles. The van der Waals surface area contributed by atoms with Crippen molar-refractivity contribution in [3.8, 4) is 5.88 Å². The third-order valence-electron chi connectivity index (χ3n) is 1.98. The second kappa shape index (κ2) is 4.44. The van der Waals surface area contributed by atoms with Crippen LogP contribution in [0.4, 0.5) is 13.2 Å². The minimum absolute atomic E-state index is 0.251. The van der Waals surface area contributed by atoms with Crippen LogP contribution in [0.2, 0.25) is 0 Å². The van der Waals surface area contributed by atoms with Gasteiger partial charge < -0.3 is 9.84 Å². The van der Waals surface area contributed by atoms with Crippen LogP contribution in [0.15, 0.2) is 18.8 Å². The number of hydrogen-bond acceptors (Lipinski definition) is 3. The number of carboxylic acids is 1. The van der Waals surface area contributed by atoms with E-state index in [4.69, 9.17) is 5.11 Å². The quantitative estimate of drug-likeness (QED) is 0.832. The lowest BCUT2D eigenvalue weighted by Gasteiger charge is -2.13. The highest BCUT2D eigenvalue weighted by Gasteiger charge is 2.35. The van der Waals surface area contributed by atoms with Gasteiger partial charge in [0.05, 0.1) is 18.2 Å². The zero-order valence-electron chi connectivity index (χ0n) is 8.71. The van der Waals surface area contributed by atoms with Crippen molar-refractivity contribution in [1.29, 1.82) is 0 Å². The molecular formula is C10H8F3NO3. The van der Waals surface area contributed by atoms with Crippen LogP contribution in [0.1, 0.15) is 11.1 Å². The zero-order valence-corrected chi connectivity index (χ0v) is 8.71. The Morgan fingerprint density at radius 3 is 2.53 bits per heavy atom. The number of aliphatic carboxylic acids is 1. The number of hydrogen-bond donors (Lipinski definition) is 1. The first-order chi connectivity index (χ1) is 7.77. The van der Waals surface area contributed by atoms with Crippen LogP contribution >= 0.6 is 0 Å². The van der Waals surface area contributed by atoms with Crippen molar-refractivity contribution in [3.05, 3.63) is 30.0 Å². The van der Waals surface area contributed by atoms with E-state index in [-0.39, 0.29) is 5.88 Å². The molecule has 1 heterocycles. The highest BCUT2D eigenvalue weighted by molar-refractivity contribution is 6.14. The molecule has 0 aliphatic rings. The van der Waals surface area contributed by atoms with Crippen LogP contribution in [0.5, 0.6) is 5.88 Å². The molecule has 92 valence electrons. The molecule has 0 aliphatic carbocycles. The third kappa shape index (κ3) is 2.74. The standard InChI is InChI=1S/C10H8F3NO3/c1-5(9(15)16)6-4-14-8(17-2)3-7(6)10(11,12)13/h3-4H,1H2,2H3,(H,15,16). The summed E-state index contributed by atoms with van der Waals surface area (Å²) in [6.07, 6.45) is -3.93. The monoisotopic (exact) mass is 247 g/mol. The van der Waals surface area contributed by atoms with Gasteiger partial charge >= 0.3 is 12.1 Å². The summed E-state index contributed by atoms with van der Waals surface area (Å²) >= 11 is 0. The molecule has 0 aliphatic heterocycles. The minimum Gasteiger partial charge on any atom is -0.481 e. The van der Waals surface area contributed by atoms with E-state index >= 15 is 0 Å². The van der Waals surface area contributed by atoms with E-state index in [2.05, 4.69) is 16.3 Å². The summed E-state index contributed by atoms with van der Waals surface area (Å²) in [7, 11) is 1.16. The molecule has 0 fully saturated rings. The molecule has 17 heavy (non-hydrogen) atoms. The van der Waals surface area contributed by atoms with Crippen molar-refractivity contribution in [2.45, 2.75) is 6.18 Å². The van der Waals surface area contributed by atoms with E-state index < -0.39 is 28.8 Å². The molecule has 1 rings (SSSR count). The van der Waals surface area contributed by atoms with Gasteiger partial charge in [0.15, 0.2) is 0 Å². The van der Waals surface area contributed by atoms with Gasteiger partial charge in [-0.2, -0.15) is 13.2 Å². The predicted molar refractivity (Wildman–Crippen MR) is 52.5 cm³/mol. The Morgan fingerprint density at radius 2 is 2.12 bits per heavy atom. The lowest BCUT2D eigenvalue weighted by molar-refractivity contribution is -0.138. The van der Waals surface area contributed by atoms with Gasteiger partial charge in [0, 0.05) is 17.8 Å². The first-order valence-corrected chi connectivity index (χ1v) is 4.31. The van der Waals surface area contributed by atoms with Crippen molar-refractivity contribution in [3.63, 3.8) is 0 Å². The lowest BCUT2D eigenvalue weighted by Crippen LogP contribution is -2.12. The molecule has 1 N–H and O–H groups in total. The highest BCUT2D eigenvalue weighted by atomic mass is 19.4. The van der Waals surface area contributed by atoms with Gasteiger partial charge in [-0.05, 0) is 0 Å². The SMILES string of the molecule is C=C(C(=O)O)c1cnc(OC)cc1C(F)(F)F. The van der Waals surface area contributed by atoms with E-state index in [0.29, 0.717) is 6.07 Å². The largest absolute Gasteiger partial charge is 0.481 e. The Labute approximate surface area is 94.4 Å². The summed E-state index contributed by atoms with van der Waals surface area (Å²) in [4.78, 5) is 14.1. The number of pyridine rings is 1. The van der Waals surface area contributed by atoms with Gasteiger partial charge in [-0.15, -0.1) is 0 Å². The number of rotatable bonds is 3. The molecule has 0 aromatic carbocycles. The maximum atomic E-state index is 12.7. The van der Waals surface area contributed by atoms with Gasteiger partial charge in [-0.3, -0.25) is 0 Å². The number of nitrogens with zero attached hydrogens (tertiary/aromatic N) is 1. The second-order valence-corrected chi connectivity index (χ2v) is 3.05. The Morgan fingerprint density at radius 1 is 1.53 bits per heavy atom. The molecule has 7 heteroatoms. The Hall–Kier alpha value is -2.05. The summed E-state index contributed by atoms with van der Waals surface area (Å²) in [6, 6.07) is 0.628. The lowest BCUT2D eigenvalue weighted by atomic mass is 10.0. The molecular weight excluding hydrogens is 239 g/mol. The van der Waals surface area contributed by atoms with E-state index in [1.807, 2.05) is 0 Å². The molecule has 0 atom stereocenters. The molecule has 0 radical (unpaired) electrons. The number of ether oxygens (including phenoxy) is 1. The maximum absolute atomic E-state index is 12.7. The number of halogens is 3. The average Bonchev–Trinajstić information content (AvgIpc) is 2.26. The van der Waals surface area contributed by atoms with Crippen molar-refractivity contribution >= 4 is 11.5 Å². The molecule has 0 unspecified atom stereocenters. The summed E-state index contributed by atoms with van der Waals surface area (Å²) in [5.74, 6) is -1.79. The zero-order chi connectivity index (χ0) is 13.2. The fraction of sp³-hybridized carbons (Fsp3) is 0.200. The summed E-state index contributed by atoms with van der Waals surface area (Å²) < 4.78 is 42.6. The molecule has 0 bridgehead atoms. The van der Waals surface area contributed by atoms with Gasteiger partial charge in [-0.25, -0.2) is 9.78 Å². The Balaban J connectivity index is 3.40. The summed E-state index contributed by atoms with van der Waals surface area (Å²) in [5, 5.41) is 8.63. The van der Waals surface area contributed by atoms with E-state index in [9.17, 15) is 18.0 Å². The fourth-order valence-electron chi connectivity index (χ4n) is 1.14. The number of methoxy groups -OCH3 is 1. The third-order valence-corrected chi connectivity index (χ3v) is 1.98. The number of carboxylic acid groups (broad SMARTS) is 1. The van der Waals surface area contributed by atoms with Gasteiger partial charge in [0.25, 0.3) is 0 Å². The van der Waals surface area contributed by atoms with Crippen LogP contribution in [-0.2, 0) is 11.0 Å². The smallest absolute Gasteiger partial charge is 0.417 e. The van der Waals surface area contributed by atoms with Crippen molar-refractivity contribution in [1.82, 2.24) is 4.98 Å². The first kappa shape index (κ1) is 13.0. The topological polar surface area (TPSA) is 59.4 Å². The van der Waals surface area contributed by atoms with Crippen LogP contribution in [0.25, 0.3) is 5.57 Å². The van der Waals surface area contributed by atoms with Gasteiger partial charge in [0.2, 0.25) is 5.88 Å². The van der Waals surface area contributed by atoms with Gasteiger partial charge in [0.1, 0.15) is 0 Å². The predicted octanol–water partition coefficient (Wildman–Crippen LogP) is 2.21.